The standard InChI is InChI=1S/C56H63F2N6O13PS/c1-55(2,3)48(61-50(68)44-29-36-28-37(21-23-43(36)79-44)56(57,58)78(73,74)75)54(72)63-31-38(30-41(63)52(70)62-26-27-76-42(32-62)34-16-12-10-13-17-34)77-33-46(66)59-25-14-9-7-5-4-6-8-11-18-35-19-15-20-39-47(35)53(71)64(51(39)69)40-22-24-45(65)60-49(40)67/h10,12-13,15-17,19-21,23,28-29,38,40-42,48H,4-9,14,22,24-27,30-33H2,1-3H3,(H,59,66)(H,61,68)(H,60,65,67)(H2,73,74,75)/t38-,40?,41-,42-,48?/m0/s1. The van der Waals surface area contributed by atoms with Gasteiger partial charge in [-0.3, -0.25) is 53.1 Å². The molecular formula is C56H63F2N6O13PS. The summed E-state index contributed by atoms with van der Waals surface area (Å²) >= 11 is 0.941. The fourth-order valence-corrected chi connectivity index (χ4v) is 11.6. The lowest BCUT2D eigenvalue weighted by Gasteiger charge is -2.38. The molecule has 3 fully saturated rings. The van der Waals surface area contributed by atoms with Gasteiger partial charge >= 0.3 is 13.3 Å². The number of hydrogen-bond acceptors (Lipinski definition) is 12. The summed E-state index contributed by atoms with van der Waals surface area (Å²) in [6.07, 6.45) is 4.72. The lowest BCUT2D eigenvalue weighted by Crippen LogP contribution is -2.58. The number of hydrogen-bond donors (Lipinski definition) is 5. The van der Waals surface area contributed by atoms with Crippen LogP contribution in [0.4, 0.5) is 8.78 Å². The number of benzene rings is 3. The molecule has 0 radical (unpaired) electrons. The van der Waals surface area contributed by atoms with Crippen LogP contribution >= 0.6 is 18.9 Å². The maximum absolute atomic E-state index is 14.8. The van der Waals surface area contributed by atoms with E-state index in [0.29, 0.717) is 29.6 Å². The fraction of sp³-hybridized carbons (Fsp3) is 0.464. The first-order valence-corrected chi connectivity index (χ1v) is 28.7. The average molecular weight is 1130 g/mol. The zero-order valence-electron chi connectivity index (χ0n) is 44.0. The molecular weight excluding hydrogens is 1070 g/mol. The van der Waals surface area contributed by atoms with Crippen molar-refractivity contribution in [1.82, 2.24) is 30.7 Å². The molecule has 8 rings (SSSR count). The van der Waals surface area contributed by atoms with E-state index in [1.54, 1.807) is 37.8 Å². The van der Waals surface area contributed by atoms with Crippen molar-refractivity contribution in [3.8, 4) is 11.8 Å². The minimum Gasteiger partial charge on any atom is -0.370 e. The monoisotopic (exact) mass is 1130 g/mol. The molecule has 0 bridgehead atoms. The highest BCUT2D eigenvalue weighted by Crippen LogP contribution is 2.59. The molecule has 4 aliphatic rings. The lowest BCUT2D eigenvalue weighted by atomic mass is 9.85. The summed E-state index contributed by atoms with van der Waals surface area (Å²) in [5.41, 5.74) is -4.68. The van der Waals surface area contributed by atoms with Crippen LogP contribution in [0.25, 0.3) is 10.1 Å². The Morgan fingerprint density at radius 1 is 0.924 bits per heavy atom. The topological polar surface area (TPSA) is 258 Å². The quantitative estimate of drug-likeness (QED) is 0.0306. The third kappa shape index (κ3) is 13.5. The highest BCUT2D eigenvalue weighted by atomic mass is 32.1. The first kappa shape index (κ1) is 58.4. The predicted octanol–water partition coefficient (Wildman–Crippen LogP) is 6.16. The van der Waals surface area contributed by atoms with E-state index >= 15 is 0 Å². The molecule has 0 saturated carbocycles. The normalized spacial score (nSPS) is 20.2. The van der Waals surface area contributed by atoms with Crippen molar-refractivity contribution < 1.29 is 71.0 Å². The average Bonchev–Trinajstić information content (AvgIpc) is 4.34. The molecule has 1 aromatic heterocycles. The van der Waals surface area contributed by atoms with Crippen LogP contribution in [0.3, 0.4) is 0 Å². The summed E-state index contributed by atoms with van der Waals surface area (Å²) in [6, 6.07) is 15.3. The summed E-state index contributed by atoms with van der Waals surface area (Å²) < 4.78 is 53.2. The number of amides is 8. The Morgan fingerprint density at radius 2 is 1.66 bits per heavy atom. The molecule has 79 heavy (non-hydrogen) atoms. The molecule has 5 N–H and O–H groups in total. The van der Waals surface area contributed by atoms with E-state index < -0.39 is 90.0 Å². The molecule has 0 aliphatic carbocycles. The van der Waals surface area contributed by atoms with Gasteiger partial charge in [-0.1, -0.05) is 101 Å². The van der Waals surface area contributed by atoms with Gasteiger partial charge in [-0.2, -0.15) is 8.78 Å². The van der Waals surface area contributed by atoms with E-state index in [0.717, 1.165) is 66.0 Å². The van der Waals surface area contributed by atoms with E-state index in [-0.39, 0.29) is 85.3 Å². The summed E-state index contributed by atoms with van der Waals surface area (Å²) in [7, 11) is -5.86. The maximum Gasteiger partial charge on any atom is 0.399 e. The van der Waals surface area contributed by atoms with Gasteiger partial charge in [-0.25, -0.2) is 0 Å². The molecule has 0 spiro atoms. The van der Waals surface area contributed by atoms with Gasteiger partial charge in [0.05, 0.1) is 35.3 Å². The number of imide groups is 2. The van der Waals surface area contributed by atoms with Crippen molar-refractivity contribution in [3.63, 3.8) is 0 Å². The highest BCUT2D eigenvalue weighted by molar-refractivity contribution is 7.52. The van der Waals surface area contributed by atoms with Gasteiger partial charge in [-0.05, 0) is 66.0 Å². The molecule has 19 nitrogen and oxygen atoms in total. The number of rotatable bonds is 19. The van der Waals surface area contributed by atoms with Crippen LogP contribution in [-0.2, 0) is 43.7 Å². The molecule has 4 aliphatic heterocycles. The zero-order chi connectivity index (χ0) is 56.8. The number of thiophene rings is 1. The second-order valence-corrected chi connectivity index (χ2v) is 23.9. The highest BCUT2D eigenvalue weighted by Gasteiger charge is 2.51. The van der Waals surface area contributed by atoms with E-state index in [1.165, 1.54) is 23.1 Å². The number of likely N-dealkylation sites (tertiary alicyclic amines) is 1. The number of morpholine rings is 1. The van der Waals surface area contributed by atoms with E-state index in [2.05, 4.69) is 27.8 Å². The Bertz CT molecular complexity index is 3130. The predicted molar refractivity (Wildman–Crippen MR) is 285 cm³/mol. The van der Waals surface area contributed by atoms with Crippen molar-refractivity contribution >= 4 is 76.3 Å². The number of halogens is 2. The van der Waals surface area contributed by atoms with Gasteiger partial charge in [0, 0.05) is 54.7 Å². The molecule has 8 amide bonds. The second-order valence-electron chi connectivity index (χ2n) is 21.1. The fourth-order valence-electron chi connectivity index (χ4n) is 10.1. The second kappa shape index (κ2) is 24.7. The number of alkyl halides is 2. The third-order valence-electron chi connectivity index (χ3n) is 14.4. The first-order valence-electron chi connectivity index (χ1n) is 26.3. The van der Waals surface area contributed by atoms with Gasteiger partial charge in [0.2, 0.25) is 29.5 Å². The third-order valence-corrected chi connectivity index (χ3v) is 16.5. The van der Waals surface area contributed by atoms with E-state index in [9.17, 15) is 61.5 Å². The molecule has 3 saturated heterocycles. The van der Waals surface area contributed by atoms with Crippen LogP contribution in [0.5, 0.6) is 0 Å². The van der Waals surface area contributed by atoms with Crippen LogP contribution in [0.2, 0.25) is 0 Å². The minimum atomic E-state index is -5.86. The Labute approximate surface area is 459 Å². The van der Waals surface area contributed by atoms with Crippen molar-refractivity contribution in [1.29, 1.82) is 0 Å². The van der Waals surface area contributed by atoms with Crippen LogP contribution in [0.15, 0.2) is 72.8 Å². The number of nitrogens with zero attached hydrogens (tertiary/aromatic N) is 3. The SMILES string of the molecule is CC(C)(C)C(NC(=O)c1cc2cc(C(F)(F)P(=O)(O)O)ccc2s1)C(=O)N1C[C@@H](OCC(=O)NCCCCCCCCC#Cc2cccc3c2C(=O)N(C2CCC(=O)NC2=O)C3=O)C[C@H]1C(=O)N1CCO[C@H](c2ccccc2)C1. The Balaban J connectivity index is 0.820. The van der Waals surface area contributed by atoms with Gasteiger partial charge in [0.25, 0.3) is 17.7 Å². The summed E-state index contributed by atoms with van der Waals surface area (Å²) in [5, 5.41) is 8.02. The Morgan fingerprint density at radius 3 is 2.38 bits per heavy atom. The number of carbonyl (C=O) groups is 8. The van der Waals surface area contributed by atoms with Gasteiger partial charge in [0.1, 0.15) is 30.8 Å². The smallest absolute Gasteiger partial charge is 0.370 e. The van der Waals surface area contributed by atoms with Crippen molar-refractivity contribution in [2.75, 3.05) is 39.4 Å². The Kier molecular flexibility index (Phi) is 18.3. The molecule has 420 valence electrons. The molecule has 3 aromatic carbocycles. The largest absolute Gasteiger partial charge is 0.399 e. The van der Waals surface area contributed by atoms with Crippen molar-refractivity contribution in [2.24, 2.45) is 5.41 Å². The van der Waals surface area contributed by atoms with E-state index in [4.69, 9.17) is 9.47 Å². The number of carbonyl (C=O) groups excluding carboxylic acids is 8. The van der Waals surface area contributed by atoms with Gasteiger partial charge in [0.15, 0.2) is 0 Å². The maximum atomic E-state index is 14.8. The van der Waals surface area contributed by atoms with E-state index in [1.807, 2.05) is 30.3 Å². The number of unbranched alkanes of at least 4 members (excludes halogenated alkanes) is 6. The number of fused-ring (bicyclic) bond motifs is 2. The number of ether oxygens (including phenoxy) is 2. The van der Waals surface area contributed by atoms with Crippen LogP contribution < -0.4 is 16.0 Å². The summed E-state index contributed by atoms with van der Waals surface area (Å²) in [6.45, 7) is 5.96. The molecule has 5 heterocycles. The lowest BCUT2D eigenvalue weighted by molar-refractivity contribution is -0.150. The number of piperidine rings is 1. The molecule has 4 aromatic rings. The van der Waals surface area contributed by atoms with Gasteiger partial charge < -0.3 is 39.7 Å². The number of nitrogens with one attached hydrogen (secondary N) is 3. The molecule has 23 heteroatoms. The van der Waals surface area contributed by atoms with Crippen LogP contribution in [-0.4, -0.2) is 135 Å². The first-order chi connectivity index (χ1) is 37.5. The van der Waals surface area contributed by atoms with Crippen molar-refractivity contribution in [2.45, 2.75) is 121 Å². The summed E-state index contributed by atoms with van der Waals surface area (Å²) in [4.78, 5) is 129. The van der Waals surface area contributed by atoms with Crippen LogP contribution in [0, 0.1) is 17.3 Å². The summed E-state index contributed by atoms with van der Waals surface area (Å²) in [5.74, 6) is 1.82. The van der Waals surface area contributed by atoms with Gasteiger partial charge in [-0.15, -0.1) is 11.3 Å². The van der Waals surface area contributed by atoms with Crippen LogP contribution in [0.1, 0.15) is 138 Å². The zero-order valence-corrected chi connectivity index (χ0v) is 45.7. The van der Waals surface area contributed by atoms with Crippen molar-refractivity contribution in [3.05, 3.63) is 105 Å². The molecule has 2 unspecified atom stereocenters. The molecule has 5 atom stereocenters. The minimum absolute atomic E-state index is 0.0295. The Hall–Kier alpha value is -6.73.